The van der Waals surface area contributed by atoms with E-state index >= 15 is 0 Å². The Bertz CT molecular complexity index is 506. The van der Waals surface area contributed by atoms with E-state index in [2.05, 4.69) is 57.5 Å². The van der Waals surface area contributed by atoms with Crippen molar-refractivity contribution in [3.8, 4) is 0 Å². The van der Waals surface area contributed by atoms with Crippen molar-refractivity contribution in [3.63, 3.8) is 0 Å². The Labute approximate surface area is 117 Å². The molecular formula is C18H25N. The number of pyridine rings is 1. The maximum absolute atomic E-state index is 4.26. The lowest BCUT2D eigenvalue weighted by molar-refractivity contribution is 0.700. The van der Waals surface area contributed by atoms with E-state index in [1.54, 1.807) is 0 Å². The summed E-state index contributed by atoms with van der Waals surface area (Å²) in [5, 5.41) is 0. The molecule has 1 heteroatoms. The smallest absolute Gasteiger partial charge is 0.0348 e. The summed E-state index contributed by atoms with van der Waals surface area (Å²) in [5.41, 5.74) is 6.05. The Balaban J connectivity index is 3.29. The van der Waals surface area contributed by atoms with Gasteiger partial charge < -0.3 is 0 Å². The third kappa shape index (κ3) is 4.51. The monoisotopic (exact) mass is 255 g/mol. The van der Waals surface area contributed by atoms with Crippen molar-refractivity contribution in [3.05, 3.63) is 59.5 Å². The first-order valence-corrected chi connectivity index (χ1v) is 6.92. The van der Waals surface area contributed by atoms with Gasteiger partial charge in [-0.3, -0.25) is 4.98 Å². The SMILES string of the molecule is C=C(C)/C(C)=C/C(=C/C(C)CC)c1cnccc1C. The van der Waals surface area contributed by atoms with Crippen molar-refractivity contribution in [1.29, 1.82) is 0 Å². The molecule has 19 heavy (non-hydrogen) atoms. The second-order valence-corrected chi connectivity index (χ2v) is 5.31. The van der Waals surface area contributed by atoms with E-state index in [9.17, 15) is 0 Å². The predicted octanol–water partition coefficient (Wildman–Crippen LogP) is 5.34. The van der Waals surface area contributed by atoms with E-state index in [1.807, 2.05) is 19.3 Å². The molecule has 1 atom stereocenters. The van der Waals surface area contributed by atoms with Crippen LogP contribution in [0.15, 0.2) is 48.3 Å². The standard InChI is InChI=1S/C18H25N/c1-7-14(4)10-17(11-16(6)13(2)3)18-12-19-9-8-15(18)5/h8-12,14H,2,7H2,1,3-6H3/b16-11+,17-10-. The van der Waals surface area contributed by atoms with Crippen LogP contribution in [0.2, 0.25) is 0 Å². The van der Waals surface area contributed by atoms with Crippen LogP contribution < -0.4 is 0 Å². The van der Waals surface area contributed by atoms with Crippen LogP contribution in [0.1, 0.15) is 45.2 Å². The summed E-state index contributed by atoms with van der Waals surface area (Å²) in [6.45, 7) is 14.8. The van der Waals surface area contributed by atoms with Crippen LogP contribution in [-0.2, 0) is 0 Å². The van der Waals surface area contributed by atoms with Crippen molar-refractivity contribution >= 4 is 5.57 Å². The molecular weight excluding hydrogens is 230 g/mol. The fraction of sp³-hybridized carbons (Fsp3) is 0.389. The lowest BCUT2D eigenvalue weighted by Gasteiger charge is -2.11. The number of aromatic nitrogens is 1. The van der Waals surface area contributed by atoms with Gasteiger partial charge in [-0.2, -0.15) is 0 Å². The minimum atomic E-state index is 0.559. The number of rotatable bonds is 5. The molecule has 0 aliphatic rings. The summed E-state index contributed by atoms with van der Waals surface area (Å²) in [5.74, 6) is 0.559. The molecule has 102 valence electrons. The van der Waals surface area contributed by atoms with E-state index < -0.39 is 0 Å². The zero-order chi connectivity index (χ0) is 14.4. The molecule has 0 radical (unpaired) electrons. The summed E-state index contributed by atoms with van der Waals surface area (Å²) in [7, 11) is 0. The molecule has 0 N–H and O–H groups in total. The Hall–Kier alpha value is -1.63. The highest BCUT2D eigenvalue weighted by Crippen LogP contribution is 2.24. The van der Waals surface area contributed by atoms with Gasteiger partial charge >= 0.3 is 0 Å². The third-order valence-electron chi connectivity index (χ3n) is 3.50. The van der Waals surface area contributed by atoms with E-state index in [-0.39, 0.29) is 0 Å². The number of hydrogen-bond donors (Lipinski definition) is 0. The minimum absolute atomic E-state index is 0.559. The molecule has 1 aromatic rings. The van der Waals surface area contributed by atoms with Crippen molar-refractivity contribution < 1.29 is 0 Å². The van der Waals surface area contributed by atoms with Gasteiger partial charge in [-0.15, -0.1) is 0 Å². The lowest BCUT2D eigenvalue weighted by atomic mass is 9.95. The van der Waals surface area contributed by atoms with E-state index in [4.69, 9.17) is 0 Å². The first-order chi connectivity index (χ1) is 8.95. The Morgan fingerprint density at radius 3 is 2.63 bits per heavy atom. The van der Waals surface area contributed by atoms with Gasteiger partial charge in [0.1, 0.15) is 0 Å². The largest absolute Gasteiger partial charge is 0.264 e. The van der Waals surface area contributed by atoms with Crippen LogP contribution in [0.25, 0.3) is 5.57 Å². The van der Waals surface area contributed by atoms with Gasteiger partial charge in [0.25, 0.3) is 0 Å². The summed E-state index contributed by atoms with van der Waals surface area (Å²) in [6.07, 6.45) is 9.48. The van der Waals surface area contributed by atoms with Gasteiger partial charge in [0.15, 0.2) is 0 Å². The quantitative estimate of drug-likeness (QED) is 0.647. The van der Waals surface area contributed by atoms with Crippen LogP contribution >= 0.6 is 0 Å². The van der Waals surface area contributed by atoms with Crippen molar-refractivity contribution in [2.45, 2.75) is 41.0 Å². The van der Waals surface area contributed by atoms with E-state index in [0.717, 1.165) is 12.0 Å². The van der Waals surface area contributed by atoms with Gasteiger partial charge in [-0.25, -0.2) is 0 Å². The van der Waals surface area contributed by atoms with Gasteiger partial charge in [-0.1, -0.05) is 44.6 Å². The molecule has 0 saturated carbocycles. The topological polar surface area (TPSA) is 12.9 Å². The first kappa shape index (κ1) is 15.4. The number of hydrogen-bond acceptors (Lipinski definition) is 1. The average molecular weight is 255 g/mol. The predicted molar refractivity (Wildman–Crippen MR) is 85.0 cm³/mol. The van der Waals surface area contributed by atoms with E-state index in [0.29, 0.717) is 5.92 Å². The summed E-state index contributed by atoms with van der Waals surface area (Å²) in [4.78, 5) is 4.26. The highest BCUT2D eigenvalue weighted by molar-refractivity contribution is 5.76. The lowest BCUT2D eigenvalue weighted by Crippen LogP contribution is -1.94. The second kappa shape index (κ2) is 7.08. The van der Waals surface area contributed by atoms with Crippen LogP contribution in [0, 0.1) is 12.8 Å². The molecule has 1 nitrogen and oxygen atoms in total. The molecule has 0 aromatic carbocycles. The molecule has 0 bridgehead atoms. The van der Waals surface area contributed by atoms with Crippen LogP contribution in [0.5, 0.6) is 0 Å². The van der Waals surface area contributed by atoms with Crippen LogP contribution in [-0.4, -0.2) is 4.98 Å². The zero-order valence-electron chi connectivity index (χ0n) is 12.8. The summed E-state index contributed by atoms with van der Waals surface area (Å²) < 4.78 is 0. The molecule has 0 amide bonds. The fourth-order valence-electron chi connectivity index (χ4n) is 1.76. The maximum Gasteiger partial charge on any atom is 0.0348 e. The van der Waals surface area contributed by atoms with Crippen LogP contribution in [0.3, 0.4) is 0 Å². The minimum Gasteiger partial charge on any atom is -0.264 e. The number of aryl methyl sites for hydroxylation is 1. The molecule has 1 heterocycles. The molecule has 0 spiro atoms. The van der Waals surface area contributed by atoms with E-state index in [1.165, 1.54) is 22.3 Å². The molecule has 0 saturated heterocycles. The first-order valence-electron chi connectivity index (χ1n) is 6.92. The van der Waals surface area contributed by atoms with Crippen LogP contribution in [0.4, 0.5) is 0 Å². The van der Waals surface area contributed by atoms with Gasteiger partial charge in [0.2, 0.25) is 0 Å². The van der Waals surface area contributed by atoms with Gasteiger partial charge in [0, 0.05) is 18.0 Å². The Morgan fingerprint density at radius 2 is 2.11 bits per heavy atom. The molecule has 1 aromatic heterocycles. The summed E-state index contributed by atoms with van der Waals surface area (Å²) >= 11 is 0. The molecule has 1 unspecified atom stereocenters. The third-order valence-corrected chi connectivity index (χ3v) is 3.50. The molecule has 0 aliphatic heterocycles. The Kier molecular flexibility index (Phi) is 5.75. The average Bonchev–Trinajstić information content (AvgIpc) is 2.38. The number of allylic oxidation sites excluding steroid dienone is 5. The maximum atomic E-state index is 4.26. The molecule has 0 fully saturated rings. The zero-order valence-corrected chi connectivity index (χ0v) is 12.8. The van der Waals surface area contributed by atoms with Crippen molar-refractivity contribution in [2.24, 2.45) is 5.92 Å². The normalized spacial score (nSPS) is 14.4. The van der Waals surface area contributed by atoms with Gasteiger partial charge in [0.05, 0.1) is 0 Å². The molecule has 1 rings (SSSR count). The van der Waals surface area contributed by atoms with Crippen molar-refractivity contribution in [2.75, 3.05) is 0 Å². The number of nitrogens with zero attached hydrogens (tertiary/aromatic N) is 1. The second-order valence-electron chi connectivity index (χ2n) is 5.31. The van der Waals surface area contributed by atoms with Gasteiger partial charge in [-0.05, 0) is 49.5 Å². The highest BCUT2D eigenvalue weighted by atomic mass is 14.6. The highest BCUT2D eigenvalue weighted by Gasteiger charge is 2.06. The van der Waals surface area contributed by atoms with Crippen molar-refractivity contribution in [1.82, 2.24) is 4.98 Å². The fourth-order valence-corrected chi connectivity index (χ4v) is 1.76. The Morgan fingerprint density at radius 1 is 1.42 bits per heavy atom. The molecule has 0 aliphatic carbocycles. The summed E-state index contributed by atoms with van der Waals surface area (Å²) in [6, 6.07) is 2.06.